The van der Waals surface area contributed by atoms with Crippen molar-refractivity contribution in [1.29, 1.82) is 0 Å². The van der Waals surface area contributed by atoms with E-state index in [9.17, 15) is 15.0 Å². The van der Waals surface area contributed by atoms with Crippen molar-refractivity contribution in [2.45, 2.75) is 50.0 Å². The molecule has 156 valence electrons. The fraction of sp³-hybridized carbons (Fsp3) is 0.524. The maximum atomic E-state index is 12.5. The highest BCUT2D eigenvalue weighted by Crippen LogP contribution is 2.40. The van der Waals surface area contributed by atoms with Gasteiger partial charge in [0.15, 0.2) is 0 Å². The number of nitrogens with one attached hydrogen (secondary N) is 1. The first-order chi connectivity index (χ1) is 14.0. The zero-order valence-corrected chi connectivity index (χ0v) is 16.5. The molecule has 2 aliphatic heterocycles. The first kappa shape index (κ1) is 19.9. The third-order valence-electron chi connectivity index (χ3n) is 6.22. The van der Waals surface area contributed by atoms with Crippen LogP contribution in [0, 0.1) is 0 Å². The summed E-state index contributed by atoms with van der Waals surface area (Å²) in [5.74, 6) is 0.549. The van der Waals surface area contributed by atoms with E-state index in [0.717, 1.165) is 11.4 Å². The quantitative estimate of drug-likeness (QED) is 0.712. The Morgan fingerprint density at radius 1 is 1.34 bits per heavy atom. The summed E-state index contributed by atoms with van der Waals surface area (Å²) in [5.41, 5.74) is -0.242. The summed E-state index contributed by atoms with van der Waals surface area (Å²) < 4.78 is 11.1. The first-order valence-corrected chi connectivity index (χ1v) is 9.93. The van der Waals surface area contributed by atoms with E-state index in [1.807, 2.05) is 13.0 Å². The van der Waals surface area contributed by atoms with Gasteiger partial charge in [-0.3, -0.25) is 4.79 Å². The summed E-state index contributed by atoms with van der Waals surface area (Å²) in [4.78, 5) is 19.1. The van der Waals surface area contributed by atoms with Gasteiger partial charge in [0.2, 0.25) is 0 Å². The van der Waals surface area contributed by atoms with Gasteiger partial charge in [0.25, 0.3) is 5.91 Å². The summed E-state index contributed by atoms with van der Waals surface area (Å²) >= 11 is 0. The van der Waals surface area contributed by atoms with Crippen LogP contribution in [0.1, 0.15) is 42.1 Å². The van der Waals surface area contributed by atoms with Crippen molar-refractivity contribution in [2.75, 3.05) is 24.6 Å². The Labute approximate surface area is 169 Å². The fourth-order valence-electron chi connectivity index (χ4n) is 4.38. The number of piperidine rings is 1. The van der Waals surface area contributed by atoms with Crippen molar-refractivity contribution < 1.29 is 24.2 Å². The van der Waals surface area contributed by atoms with Gasteiger partial charge in [-0.15, -0.1) is 0 Å². The second-order valence-electron chi connectivity index (χ2n) is 8.12. The molecule has 8 heteroatoms. The number of aromatic nitrogens is 1. The van der Waals surface area contributed by atoms with Gasteiger partial charge in [-0.2, -0.15) is 0 Å². The van der Waals surface area contributed by atoms with Crippen molar-refractivity contribution in [3.8, 4) is 0 Å². The molecule has 2 aromatic rings. The minimum absolute atomic E-state index is 0.0240. The van der Waals surface area contributed by atoms with E-state index in [4.69, 9.17) is 9.15 Å². The molecular formula is C21H27N3O5. The first-order valence-electron chi connectivity index (χ1n) is 9.93. The third kappa shape index (κ3) is 3.75. The number of ether oxygens (including phenoxy) is 1. The van der Waals surface area contributed by atoms with E-state index in [2.05, 4.69) is 15.2 Å². The lowest BCUT2D eigenvalue weighted by Crippen LogP contribution is -2.69. The molecule has 2 atom stereocenters. The molecule has 0 saturated carbocycles. The highest BCUT2D eigenvalue weighted by molar-refractivity contribution is 5.94. The van der Waals surface area contributed by atoms with E-state index in [0.29, 0.717) is 44.5 Å². The van der Waals surface area contributed by atoms with Crippen LogP contribution in [0.3, 0.4) is 0 Å². The Morgan fingerprint density at radius 2 is 2.14 bits per heavy atom. The van der Waals surface area contributed by atoms with Gasteiger partial charge in [-0.25, -0.2) is 4.98 Å². The zero-order valence-electron chi connectivity index (χ0n) is 16.5. The molecule has 0 aliphatic carbocycles. The predicted octanol–water partition coefficient (Wildman–Crippen LogP) is 1.48. The minimum atomic E-state index is -0.835. The molecule has 8 nitrogen and oxygen atoms in total. The number of pyridine rings is 1. The molecule has 4 heterocycles. The molecule has 0 aromatic carbocycles. The number of anilines is 1. The molecule has 1 spiro atoms. The van der Waals surface area contributed by atoms with Crippen LogP contribution in [0.15, 0.2) is 41.3 Å². The molecule has 2 aromatic heterocycles. The van der Waals surface area contributed by atoms with Crippen LogP contribution in [0.5, 0.6) is 0 Å². The molecule has 2 aliphatic rings. The van der Waals surface area contributed by atoms with Crippen molar-refractivity contribution in [3.05, 3.63) is 48.0 Å². The van der Waals surface area contributed by atoms with E-state index >= 15 is 0 Å². The number of rotatable bonds is 4. The van der Waals surface area contributed by atoms with E-state index in [1.54, 1.807) is 18.3 Å². The SMILES string of the molecule is C[C@]1(NC(=O)c2ccoc2)CCOC2(CCN(c3cc(CO)ccn3)CC2)[C@@H]1O. The van der Waals surface area contributed by atoms with Gasteiger partial charge >= 0.3 is 0 Å². The van der Waals surface area contributed by atoms with Crippen LogP contribution in [-0.4, -0.2) is 58.0 Å². The highest BCUT2D eigenvalue weighted by atomic mass is 16.5. The molecule has 4 rings (SSSR count). The zero-order chi connectivity index (χ0) is 20.5. The van der Waals surface area contributed by atoms with Crippen LogP contribution in [0.25, 0.3) is 0 Å². The summed E-state index contributed by atoms with van der Waals surface area (Å²) in [6.07, 6.45) is 5.48. The van der Waals surface area contributed by atoms with Gasteiger partial charge in [0, 0.05) is 25.9 Å². The van der Waals surface area contributed by atoms with Crippen molar-refractivity contribution in [1.82, 2.24) is 10.3 Å². The van der Waals surface area contributed by atoms with Gasteiger partial charge < -0.3 is 29.6 Å². The third-order valence-corrected chi connectivity index (χ3v) is 6.22. The molecule has 0 bridgehead atoms. The Balaban J connectivity index is 1.46. The summed E-state index contributed by atoms with van der Waals surface area (Å²) in [5, 5.41) is 23.6. The van der Waals surface area contributed by atoms with E-state index in [-0.39, 0.29) is 12.5 Å². The average molecular weight is 401 g/mol. The van der Waals surface area contributed by atoms with Gasteiger partial charge in [0.1, 0.15) is 18.2 Å². The molecule has 0 unspecified atom stereocenters. The monoisotopic (exact) mass is 401 g/mol. The van der Waals surface area contributed by atoms with Crippen molar-refractivity contribution in [3.63, 3.8) is 0 Å². The van der Waals surface area contributed by atoms with Crippen molar-refractivity contribution in [2.24, 2.45) is 0 Å². The lowest BCUT2D eigenvalue weighted by Gasteiger charge is -2.53. The summed E-state index contributed by atoms with van der Waals surface area (Å²) in [6, 6.07) is 5.27. The van der Waals surface area contributed by atoms with Crippen LogP contribution in [0.2, 0.25) is 0 Å². The molecular weight excluding hydrogens is 374 g/mol. The Bertz CT molecular complexity index is 848. The fourth-order valence-corrected chi connectivity index (χ4v) is 4.38. The van der Waals surface area contributed by atoms with Crippen LogP contribution < -0.4 is 10.2 Å². The van der Waals surface area contributed by atoms with Gasteiger partial charge in [-0.1, -0.05) is 0 Å². The normalized spacial score (nSPS) is 26.4. The van der Waals surface area contributed by atoms with E-state index < -0.39 is 17.2 Å². The maximum absolute atomic E-state index is 12.5. The molecule has 1 amide bonds. The Kier molecular flexibility index (Phi) is 5.33. The number of carbonyl (C=O) groups excluding carboxylic acids is 1. The topological polar surface area (TPSA) is 108 Å². The average Bonchev–Trinajstić information content (AvgIpc) is 3.28. The van der Waals surface area contributed by atoms with Gasteiger partial charge in [0.05, 0.1) is 29.6 Å². The van der Waals surface area contributed by atoms with Gasteiger partial charge in [-0.05, 0) is 49.9 Å². The van der Waals surface area contributed by atoms with Crippen LogP contribution in [-0.2, 0) is 11.3 Å². The smallest absolute Gasteiger partial charge is 0.255 e. The molecule has 29 heavy (non-hydrogen) atoms. The number of furan rings is 1. The second kappa shape index (κ2) is 7.78. The van der Waals surface area contributed by atoms with Crippen LogP contribution in [0.4, 0.5) is 5.82 Å². The summed E-state index contributed by atoms with van der Waals surface area (Å²) in [7, 11) is 0. The molecule has 2 fully saturated rings. The maximum Gasteiger partial charge on any atom is 0.255 e. The Morgan fingerprint density at radius 3 is 2.83 bits per heavy atom. The standard InChI is InChI=1S/C21H27N3O5/c1-20(23-18(26)16-3-10-28-14-16)6-11-29-21(19(20)27)4-8-24(9-5-21)17-12-15(13-25)2-7-22-17/h2-3,7,10,12,14,19,25,27H,4-6,8-9,11,13H2,1H3,(H,23,26)/t19-,20+/m1/s1. The minimum Gasteiger partial charge on any atom is -0.472 e. The highest BCUT2D eigenvalue weighted by Gasteiger charge is 2.54. The number of aliphatic hydroxyl groups is 2. The Hall–Kier alpha value is -2.42. The number of carbonyl (C=O) groups is 1. The number of amides is 1. The molecule has 3 N–H and O–H groups in total. The number of hydrogen-bond acceptors (Lipinski definition) is 7. The lowest BCUT2D eigenvalue weighted by atomic mass is 9.73. The summed E-state index contributed by atoms with van der Waals surface area (Å²) in [6.45, 7) is 3.66. The lowest BCUT2D eigenvalue weighted by molar-refractivity contribution is -0.195. The second-order valence-corrected chi connectivity index (χ2v) is 8.12. The molecule has 2 saturated heterocycles. The predicted molar refractivity (Wildman–Crippen MR) is 105 cm³/mol. The van der Waals surface area contributed by atoms with Crippen molar-refractivity contribution >= 4 is 11.7 Å². The largest absolute Gasteiger partial charge is 0.472 e. The van der Waals surface area contributed by atoms with Crippen LogP contribution >= 0.6 is 0 Å². The van der Waals surface area contributed by atoms with E-state index in [1.165, 1.54) is 12.5 Å². The number of nitrogens with zero attached hydrogens (tertiary/aromatic N) is 2. The molecule has 0 radical (unpaired) electrons. The number of aliphatic hydroxyl groups excluding tert-OH is 2. The number of hydrogen-bond donors (Lipinski definition) is 3.